The van der Waals surface area contributed by atoms with E-state index < -0.39 is 5.82 Å². The minimum atomic E-state index is -0.572. The molecule has 1 atom stereocenters. The number of rotatable bonds is 4. The SMILES string of the molecule is O=C(NCC1CN2CCC1CC2)c1cc(-c2cccc(Cl)c2F)no1. The van der Waals surface area contributed by atoms with Gasteiger partial charge in [-0.25, -0.2) is 4.39 Å². The maximum absolute atomic E-state index is 14.1. The lowest BCUT2D eigenvalue weighted by molar-refractivity contribution is 0.0491. The van der Waals surface area contributed by atoms with Gasteiger partial charge in [-0.05, 0) is 49.9 Å². The fourth-order valence-corrected chi connectivity index (χ4v) is 4.02. The minimum Gasteiger partial charge on any atom is -0.350 e. The number of nitrogens with zero attached hydrogens (tertiary/aromatic N) is 2. The van der Waals surface area contributed by atoms with E-state index in [1.54, 1.807) is 12.1 Å². The summed E-state index contributed by atoms with van der Waals surface area (Å²) in [5.41, 5.74) is 0.473. The van der Waals surface area contributed by atoms with Gasteiger partial charge in [0.25, 0.3) is 5.91 Å². The van der Waals surface area contributed by atoms with E-state index in [4.69, 9.17) is 16.1 Å². The average molecular weight is 364 g/mol. The van der Waals surface area contributed by atoms with E-state index in [2.05, 4.69) is 15.4 Å². The third kappa shape index (κ3) is 3.28. The van der Waals surface area contributed by atoms with Gasteiger partial charge in [0.1, 0.15) is 5.69 Å². The van der Waals surface area contributed by atoms with Crippen molar-refractivity contribution < 1.29 is 13.7 Å². The van der Waals surface area contributed by atoms with Crippen LogP contribution in [0.3, 0.4) is 0 Å². The molecule has 132 valence electrons. The van der Waals surface area contributed by atoms with Crippen LogP contribution < -0.4 is 5.32 Å². The zero-order valence-corrected chi connectivity index (χ0v) is 14.4. The van der Waals surface area contributed by atoms with Crippen LogP contribution in [0.1, 0.15) is 23.4 Å². The van der Waals surface area contributed by atoms with Gasteiger partial charge in [-0.3, -0.25) is 4.79 Å². The molecule has 1 aromatic heterocycles. The molecule has 3 aliphatic heterocycles. The Balaban J connectivity index is 1.41. The Morgan fingerprint density at radius 3 is 2.92 bits per heavy atom. The maximum atomic E-state index is 14.1. The third-order valence-electron chi connectivity index (χ3n) is 5.28. The molecule has 1 N–H and O–H groups in total. The molecular formula is C18H19ClFN3O2. The van der Waals surface area contributed by atoms with E-state index >= 15 is 0 Å². The zero-order valence-electron chi connectivity index (χ0n) is 13.7. The number of hydrogen-bond donors (Lipinski definition) is 1. The number of amides is 1. The lowest BCUT2D eigenvalue weighted by Crippen LogP contribution is -2.50. The van der Waals surface area contributed by atoms with Gasteiger partial charge < -0.3 is 14.7 Å². The second-order valence-corrected chi connectivity index (χ2v) is 7.19. The first-order chi connectivity index (χ1) is 12.1. The van der Waals surface area contributed by atoms with Gasteiger partial charge in [0.05, 0.1) is 5.02 Å². The van der Waals surface area contributed by atoms with E-state index in [9.17, 15) is 9.18 Å². The van der Waals surface area contributed by atoms with Crippen LogP contribution in [0.5, 0.6) is 0 Å². The molecule has 25 heavy (non-hydrogen) atoms. The normalized spacial score (nSPS) is 25.1. The highest BCUT2D eigenvalue weighted by Crippen LogP contribution is 2.32. The first-order valence-corrected chi connectivity index (χ1v) is 8.91. The Labute approximate surface area is 150 Å². The van der Waals surface area contributed by atoms with Crippen molar-refractivity contribution in [2.24, 2.45) is 11.8 Å². The van der Waals surface area contributed by atoms with E-state index in [0.717, 1.165) is 6.54 Å². The van der Waals surface area contributed by atoms with Gasteiger partial charge in [0.15, 0.2) is 5.82 Å². The van der Waals surface area contributed by atoms with Gasteiger partial charge in [0.2, 0.25) is 5.76 Å². The highest BCUT2D eigenvalue weighted by atomic mass is 35.5. The van der Waals surface area contributed by atoms with Gasteiger partial charge in [-0.1, -0.05) is 22.8 Å². The monoisotopic (exact) mass is 363 g/mol. The van der Waals surface area contributed by atoms with Crippen molar-refractivity contribution in [3.63, 3.8) is 0 Å². The fourth-order valence-electron chi connectivity index (χ4n) is 3.84. The molecule has 3 fully saturated rings. The summed E-state index contributed by atoms with van der Waals surface area (Å²) in [4.78, 5) is 14.8. The Kier molecular flexibility index (Phi) is 4.48. The molecule has 1 aromatic carbocycles. The number of halogens is 2. The van der Waals surface area contributed by atoms with Crippen molar-refractivity contribution in [2.75, 3.05) is 26.2 Å². The summed E-state index contributed by atoms with van der Waals surface area (Å²) >= 11 is 5.78. The predicted octanol–water partition coefficient (Wildman–Crippen LogP) is 3.21. The molecule has 7 heteroatoms. The topological polar surface area (TPSA) is 58.4 Å². The Morgan fingerprint density at radius 1 is 1.40 bits per heavy atom. The smallest absolute Gasteiger partial charge is 0.289 e. The number of carbonyl (C=O) groups is 1. The highest BCUT2D eigenvalue weighted by Gasteiger charge is 2.34. The molecule has 3 aliphatic rings. The second-order valence-electron chi connectivity index (χ2n) is 6.79. The zero-order chi connectivity index (χ0) is 17.4. The molecule has 4 heterocycles. The molecule has 0 aliphatic carbocycles. The Hall–Kier alpha value is -1.92. The van der Waals surface area contributed by atoms with Gasteiger partial charge in [0, 0.05) is 24.7 Å². The fraction of sp³-hybridized carbons (Fsp3) is 0.444. The number of fused-ring (bicyclic) bond motifs is 3. The largest absolute Gasteiger partial charge is 0.350 e. The van der Waals surface area contributed by atoms with Crippen molar-refractivity contribution in [3.05, 3.63) is 40.9 Å². The molecule has 0 spiro atoms. The van der Waals surface area contributed by atoms with Crippen molar-refractivity contribution in [3.8, 4) is 11.3 Å². The number of aromatic nitrogens is 1. The van der Waals surface area contributed by atoms with E-state index in [0.29, 0.717) is 18.4 Å². The minimum absolute atomic E-state index is 0.00820. The summed E-state index contributed by atoms with van der Waals surface area (Å²) in [6, 6.07) is 6.08. The van der Waals surface area contributed by atoms with E-state index in [1.807, 2.05) is 0 Å². The van der Waals surface area contributed by atoms with Crippen LogP contribution in [0, 0.1) is 17.7 Å². The van der Waals surface area contributed by atoms with Crippen molar-refractivity contribution >= 4 is 17.5 Å². The molecule has 0 saturated carbocycles. The molecule has 2 bridgehead atoms. The molecule has 0 radical (unpaired) electrons. The van der Waals surface area contributed by atoms with Crippen LogP contribution in [0.25, 0.3) is 11.3 Å². The number of piperidine rings is 3. The number of hydrogen-bond acceptors (Lipinski definition) is 4. The van der Waals surface area contributed by atoms with Crippen LogP contribution in [-0.4, -0.2) is 42.1 Å². The highest BCUT2D eigenvalue weighted by molar-refractivity contribution is 6.31. The summed E-state index contributed by atoms with van der Waals surface area (Å²) in [6.45, 7) is 4.01. The van der Waals surface area contributed by atoms with Crippen molar-refractivity contribution in [1.82, 2.24) is 15.4 Å². The first kappa shape index (κ1) is 16.5. The summed E-state index contributed by atoms with van der Waals surface area (Å²) in [5, 5.41) is 6.73. The first-order valence-electron chi connectivity index (χ1n) is 8.53. The standard InChI is InChI=1S/C18H19ClFN3O2/c19-14-3-1-2-13(17(14)20)15-8-16(25-22-15)18(24)21-9-12-10-23-6-4-11(12)5-7-23/h1-3,8,11-12H,4-7,9-10H2,(H,21,24). The van der Waals surface area contributed by atoms with Gasteiger partial charge in [-0.2, -0.15) is 0 Å². The molecule has 2 aromatic rings. The third-order valence-corrected chi connectivity index (χ3v) is 5.57. The quantitative estimate of drug-likeness (QED) is 0.906. The summed E-state index contributed by atoms with van der Waals surface area (Å²) in [7, 11) is 0. The Morgan fingerprint density at radius 2 is 2.20 bits per heavy atom. The lowest BCUT2D eigenvalue weighted by atomic mass is 9.79. The summed E-state index contributed by atoms with van der Waals surface area (Å²) in [6.07, 6.45) is 2.42. The summed E-state index contributed by atoms with van der Waals surface area (Å²) in [5.74, 6) is 0.361. The number of nitrogens with one attached hydrogen (secondary N) is 1. The van der Waals surface area contributed by atoms with Crippen LogP contribution in [0.15, 0.2) is 28.8 Å². The molecule has 1 unspecified atom stereocenters. The van der Waals surface area contributed by atoms with Gasteiger partial charge in [-0.15, -0.1) is 0 Å². The van der Waals surface area contributed by atoms with Gasteiger partial charge >= 0.3 is 0 Å². The van der Waals surface area contributed by atoms with E-state index in [1.165, 1.54) is 38.1 Å². The number of carbonyl (C=O) groups excluding carboxylic acids is 1. The average Bonchev–Trinajstić information content (AvgIpc) is 3.13. The van der Waals surface area contributed by atoms with E-state index in [-0.39, 0.29) is 27.9 Å². The van der Waals surface area contributed by atoms with Crippen LogP contribution in [0.4, 0.5) is 4.39 Å². The molecule has 5 nitrogen and oxygen atoms in total. The summed E-state index contributed by atoms with van der Waals surface area (Å²) < 4.78 is 19.2. The molecule has 1 amide bonds. The maximum Gasteiger partial charge on any atom is 0.289 e. The second kappa shape index (κ2) is 6.77. The molecule has 3 saturated heterocycles. The lowest BCUT2D eigenvalue weighted by Gasteiger charge is -2.44. The molecular weight excluding hydrogens is 345 g/mol. The van der Waals surface area contributed by atoms with Crippen LogP contribution in [-0.2, 0) is 0 Å². The Bertz CT molecular complexity index is 786. The van der Waals surface area contributed by atoms with Crippen molar-refractivity contribution in [1.29, 1.82) is 0 Å². The van der Waals surface area contributed by atoms with Crippen LogP contribution in [0.2, 0.25) is 5.02 Å². The molecule has 5 rings (SSSR count). The van der Waals surface area contributed by atoms with Crippen LogP contribution >= 0.6 is 11.6 Å². The van der Waals surface area contributed by atoms with Crippen molar-refractivity contribution in [2.45, 2.75) is 12.8 Å². The number of benzene rings is 1. The predicted molar refractivity (Wildman–Crippen MR) is 91.9 cm³/mol.